The molecule has 0 aliphatic rings. The fourth-order valence-electron chi connectivity index (χ4n) is 2.90. The number of methoxy groups -OCH3 is 1. The van der Waals surface area contributed by atoms with Crippen molar-refractivity contribution in [2.45, 2.75) is 13.8 Å². The topological polar surface area (TPSA) is 90.7 Å². The van der Waals surface area contributed by atoms with E-state index < -0.39 is 11.9 Å². The van der Waals surface area contributed by atoms with Gasteiger partial charge < -0.3 is 14.6 Å². The van der Waals surface area contributed by atoms with E-state index in [1.807, 2.05) is 12.1 Å². The standard InChI is InChI=1S/C21H20N2O5/c1-4-28-21(26)18-13(2)23(16-9-5-15(6-10-16)20(24)25)19(22-18)14-7-11-17(27-3)12-8-14/h5-12H,4H2,1-3H3,(H,24,25). The van der Waals surface area contributed by atoms with Crippen molar-refractivity contribution in [3.05, 3.63) is 65.5 Å². The number of nitrogens with zero attached hydrogens (tertiary/aromatic N) is 2. The number of hydrogen-bond donors (Lipinski definition) is 1. The highest BCUT2D eigenvalue weighted by atomic mass is 16.5. The van der Waals surface area contributed by atoms with Crippen LogP contribution in [0.3, 0.4) is 0 Å². The van der Waals surface area contributed by atoms with Gasteiger partial charge in [-0.1, -0.05) is 0 Å². The van der Waals surface area contributed by atoms with Gasteiger partial charge in [-0.2, -0.15) is 0 Å². The van der Waals surface area contributed by atoms with Crippen LogP contribution in [0.4, 0.5) is 0 Å². The largest absolute Gasteiger partial charge is 0.497 e. The molecule has 144 valence electrons. The van der Waals surface area contributed by atoms with Crippen molar-refractivity contribution >= 4 is 11.9 Å². The van der Waals surface area contributed by atoms with Gasteiger partial charge in [-0.05, 0) is 62.4 Å². The first-order valence-electron chi connectivity index (χ1n) is 8.70. The summed E-state index contributed by atoms with van der Waals surface area (Å²) >= 11 is 0. The first-order valence-corrected chi connectivity index (χ1v) is 8.70. The van der Waals surface area contributed by atoms with Crippen molar-refractivity contribution in [2.24, 2.45) is 0 Å². The zero-order chi connectivity index (χ0) is 20.3. The van der Waals surface area contributed by atoms with Crippen LogP contribution in [-0.4, -0.2) is 40.3 Å². The lowest BCUT2D eigenvalue weighted by Gasteiger charge is -2.11. The van der Waals surface area contributed by atoms with E-state index in [0.29, 0.717) is 23.0 Å². The molecule has 1 aromatic heterocycles. The highest BCUT2D eigenvalue weighted by Crippen LogP contribution is 2.28. The second kappa shape index (κ2) is 7.96. The Morgan fingerprint density at radius 3 is 2.25 bits per heavy atom. The molecule has 0 unspecified atom stereocenters. The van der Waals surface area contributed by atoms with E-state index in [0.717, 1.165) is 5.56 Å². The third kappa shape index (κ3) is 3.59. The molecule has 0 bridgehead atoms. The van der Waals surface area contributed by atoms with Crippen LogP contribution in [0.5, 0.6) is 5.75 Å². The maximum Gasteiger partial charge on any atom is 0.358 e. The number of aromatic nitrogens is 2. The number of aromatic carboxylic acids is 1. The molecule has 0 spiro atoms. The van der Waals surface area contributed by atoms with Gasteiger partial charge in [-0.15, -0.1) is 0 Å². The number of carboxylic acids is 1. The molecular formula is C21H20N2O5. The van der Waals surface area contributed by atoms with Crippen LogP contribution < -0.4 is 4.74 Å². The number of benzene rings is 2. The van der Waals surface area contributed by atoms with Crippen LogP contribution in [0.2, 0.25) is 0 Å². The van der Waals surface area contributed by atoms with Crippen LogP contribution in [0.1, 0.15) is 33.5 Å². The van der Waals surface area contributed by atoms with Crippen molar-refractivity contribution in [3.8, 4) is 22.8 Å². The Kier molecular flexibility index (Phi) is 5.44. The molecule has 28 heavy (non-hydrogen) atoms. The van der Waals surface area contributed by atoms with Crippen LogP contribution >= 0.6 is 0 Å². The Morgan fingerprint density at radius 1 is 1.07 bits per heavy atom. The molecule has 3 aromatic rings. The first-order chi connectivity index (χ1) is 13.5. The predicted octanol–water partition coefficient (Wildman–Crippen LogP) is 3.73. The fourth-order valence-corrected chi connectivity index (χ4v) is 2.90. The minimum atomic E-state index is -1.00. The summed E-state index contributed by atoms with van der Waals surface area (Å²) in [5.74, 6) is -0.256. The highest BCUT2D eigenvalue weighted by Gasteiger charge is 2.22. The summed E-state index contributed by atoms with van der Waals surface area (Å²) in [6, 6.07) is 13.7. The lowest BCUT2D eigenvalue weighted by molar-refractivity contribution is 0.0518. The summed E-state index contributed by atoms with van der Waals surface area (Å²) in [5.41, 5.74) is 2.47. The number of rotatable bonds is 6. The van der Waals surface area contributed by atoms with E-state index in [2.05, 4.69) is 4.98 Å². The maximum atomic E-state index is 12.3. The monoisotopic (exact) mass is 380 g/mol. The molecule has 3 rings (SSSR count). The van der Waals surface area contributed by atoms with Gasteiger partial charge in [-0.3, -0.25) is 4.57 Å². The highest BCUT2D eigenvalue weighted by molar-refractivity contribution is 5.90. The van der Waals surface area contributed by atoms with Gasteiger partial charge in [0.05, 0.1) is 25.0 Å². The summed E-state index contributed by atoms with van der Waals surface area (Å²) in [7, 11) is 1.59. The Balaban J connectivity index is 2.17. The molecule has 1 N–H and O–H groups in total. The zero-order valence-corrected chi connectivity index (χ0v) is 15.8. The van der Waals surface area contributed by atoms with Crippen LogP contribution in [0.15, 0.2) is 48.5 Å². The summed E-state index contributed by atoms with van der Waals surface area (Å²) in [4.78, 5) is 28.0. The van der Waals surface area contributed by atoms with Gasteiger partial charge in [0.15, 0.2) is 5.69 Å². The second-order valence-electron chi connectivity index (χ2n) is 6.01. The molecule has 1 heterocycles. The van der Waals surface area contributed by atoms with Crippen LogP contribution in [-0.2, 0) is 4.74 Å². The normalized spacial score (nSPS) is 10.5. The quantitative estimate of drug-likeness (QED) is 0.655. The average molecular weight is 380 g/mol. The average Bonchev–Trinajstić information content (AvgIpc) is 3.05. The number of hydrogen-bond acceptors (Lipinski definition) is 5. The van der Waals surface area contributed by atoms with Gasteiger partial charge in [0, 0.05) is 11.3 Å². The summed E-state index contributed by atoms with van der Waals surface area (Å²) in [5, 5.41) is 9.13. The number of carbonyl (C=O) groups excluding carboxylic acids is 1. The van der Waals surface area contributed by atoms with Gasteiger partial charge in [-0.25, -0.2) is 14.6 Å². The molecule has 0 aliphatic heterocycles. The Bertz CT molecular complexity index is 1000. The SMILES string of the molecule is CCOC(=O)c1nc(-c2ccc(OC)cc2)n(-c2ccc(C(=O)O)cc2)c1C. The molecule has 2 aromatic carbocycles. The van der Waals surface area contributed by atoms with Crippen molar-refractivity contribution in [1.29, 1.82) is 0 Å². The van der Waals surface area contributed by atoms with Crippen molar-refractivity contribution in [1.82, 2.24) is 9.55 Å². The first kappa shape index (κ1) is 19.2. The van der Waals surface area contributed by atoms with E-state index in [1.54, 1.807) is 49.8 Å². The predicted molar refractivity (Wildman–Crippen MR) is 103 cm³/mol. The van der Waals surface area contributed by atoms with Crippen molar-refractivity contribution in [2.75, 3.05) is 13.7 Å². The molecular weight excluding hydrogens is 360 g/mol. The minimum Gasteiger partial charge on any atom is -0.497 e. The lowest BCUT2D eigenvalue weighted by Crippen LogP contribution is -2.08. The third-order valence-electron chi connectivity index (χ3n) is 4.30. The van der Waals surface area contributed by atoms with E-state index in [1.165, 1.54) is 12.1 Å². The molecule has 0 saturated heterocycles. The summed E-state index contributed by atoms with van der Waals surface area (Å²) < 4.78 is 12.1. The van der Waals surface area contributed by atoms with E-state index >= 15 is 0 Å². The van der Waals surface area contributed by atoms with Crippen LogP contribution in [0, 0.1) is 6.92 Å². The minimum absolute atomic E-state index is 0.179. The third-order valence-corrected chi connectivity index (χ3v) is 4.30. The van der Waals surface area contributed by atoms with Crippen LogP contribution in [0.25, 0.3) is 17.1 Å². The van der Waals surface area contributed by atoms with Gasteiger partial charge in [0.1, 0.15) is 11.6 Å². The molecule has 0 saturated carbocycles. The molecule has 0 aliphatic carbocycles. The molecule has 0 radical (unpaired) electrons. The second-order valence-corrected chi connectivity index (χ2v) is 6.01. The van der Waals surface area contributed by atoms with E-state index in [9.17, 15) is 9.59 Å². The number of esters is 1. The number of ether oxygens (including phenoxy) is 2. The van der Waals surface area contributed by atoms with Gasteiger partial charge >= 0.3 is 11.9 Å². The van der Waals surface area contributed by atoms with Crippen molar-refractivity contribution in [3.63, 3.8) is 0 Å². The van der Waals surface area contributed by atoms with E-state index in [4.69, 9.17) is 14.6 Å². The molecule has 0 amide bonds. The summed E-state index contributed by atoms with van der Waals surface area (Å²) in [6.07, 6.45) is 0. The zero-order valence-electron chi connectivity index (χ0n) is 15.8. The Hall–Kier alpha value is -3.61. The number of imidazole rings is 1. The number of carbonyl (C=O) groups is 2. The van der Waals surface area contributed by atoms with E-state index in [-0.39, 0.29) is 17.9 Å². The molecule has 0 atom stereocenters. The Labute approximate surface area is 162 Å². The maximum absolute atomic E-state index is 12.3. The van der Waals surface area contributed by atoms with Gasteiger partial charge in [0.25, 0.3) is 0 Å². The number of carboxylic acid groups (broad SMARTS) is 1. The smallest absolute Gasteiger partial charge is 0.358 e. The molecule has 7 heteroatoms. The molecule has 7 nitrogen and oxygen atoms in total. The lowest BCUT2D eigenvalue weighted by atomic mass is 10.1. The van der Waals surface area contributed by atoms with Crippen molar-refractivity contribution < 1.29 is 24.2 Å². The van der Waals surface area contributed by atoms with Gasteiger partial charge in [0.2, 0.25) is 0 Å². The Morgan fingerprint density at radius 2 is 1.71 bits per heavy atom. The fraction of sp³-hybridized carbons (Fsp3) is 0.190. The molecule has 0 fully saturated rings. The summed E-state index contributed by atoms with van der Waals surface area (Å²) in [6.45, 7) is 3.76.